The van der Waals surface area contributed by atoms with Gasteiger partial charge >= 0.3 is 0 Å². The van der Waals surface area contributed by atoms with Crippen molar-refractivity contribution in [2.75, 3.05) is 13.2 Å². The highest BCUT2D eigenvalue weighted by Gasteiger charge is 2.29. The van der Waals surface area contributed by atoms with Gasteiger partial charge in [-0.1, -0.05) is 5.21 Å². The number of hydrogen-bond acceptors (Lipinski definition) is 5. The summed E-state index contributed by atoms with van der Waals surface area (Å²) < 4.78 is 1.73. The van der Waals surface area contributed by atoms with Crippen molar-refractivity contribution in [2.24, 2.45) is 5.92 Å². The molecule has 1 aromatic heterocycles. The van der Waals surface area contributed by atoms with E-state index in [2.05, 4.69) is 15.6 Å². The minimum atomic E-state index is -0.223. The van der Waals surface area contributed by atoms with E-state index in [1.165, 1.54) is 0 Å². The summed E-state index contributed by atoms with van der Waals surface area (Å²) in [5, 5.41) is 29.5. The molecule has 1 fully saturated rings. The molecule has 0 aliphatic heterocycles. The number of aromatic nitrogens is 3. The molecule has 0 bridgehead atoms. The molecule has 1 heterocycles. The highest BCUT2D eigenvalue weighted by Crippen LogP contribution is 2.32. The summed E-state index contributed by atoms with van der Waals surface area (Å²) in [7, 11) is 0. The predicted octanol–water partition coefficient (Wildman–Crippen LogP) is -0.479. The maximum Gasteiger partial charge on any atom is 0.0964 e. The Bertz CT molecular complexity index is 338. The summed E-state index contributed by atoms with van der Waals surface area (Å²) in [6.07, 6.45) is 4.64. The van der Waals surface area contributed by atoms with E-state index in [9.17, 15) is 5.11 Å². The number of nitrogens with zero attached hydrogens (tertiary/aromatic N) is 3. The van der Waals surface area contributed by atoms with E-state index >= 15 is 0 Å². The molecule has 6 heteroatoms. The lowest BCUT2D eigenvalue weighted by molar-refractivity contribution is 0.148. The zero-order chi connectivity index (χ0) is 12.1. The number of nitrogens with one attached hydrogen (secondary N) is 1. The predicted molar refractivity (Wildman–Crippen MR) is 62.2 cm³/mol. The quantitative estimate of drug-likeness (QED) is 0.572. The maximum absolute atomic E-state index is 9.66. The minimum absolute atomic E-state index is 0.168. The van der Waals surface area contributed by atoms with Crippen molar-refractivity contribution in [2.45, 2.75) is 38.5 Å². The van der Waals surface area contributed by atoms with Gasteiger partial charge in [0.1, 0.15) is 0 Å². The third-order valence-corrected chi connectivity index (χ3v) is 2.96. The monoisotopic (exact) mass is 240 g/mol. The minimum Gasteiger partial charge on any atom is -0.396 e. The third kappa shape index (κ3) is 4.07. The molecule has 1 saturated carbocycles. The second-order valence-corrected chi connectivity index (χ2v) is 4.59. The summed E-state index contributed by atoms with van der Waals surface area (Å²) in [4.78, 5) is 0. The lowest BCUT2D eigenvalue weighted by Gasteiger charge is -2.08. The number of aryl methyl sites for hydroxylation is 1. The fraction of sp³-hybridized carbons (Fsp3) is 0.818. The topological polar surface area (TPSA) is 83.2 Å². The van der Waals surface area contributed by atoms with Gasteiger partial charge in [-0.05, 0) is 25.2 Å². The maximum atomic E-state index is 9.66. The fourth-order valence-corrected chi connectivity index (χ4v) is 1.76. The molecule has 1 aromatic rings. The second-order valence-electron chi connectivity index (χ2n) is 4.59. The Morgan fingerprint density at radius 2 is 2.35 bits per heavy atom. The van der Waals surface area contributed by atoms with Crippen LogP contribution >= 0.6 is 0 Å². The molecule has 1 atom stereocenters. The smallest absolute Gasteiger partial charge is 0.0964 e. The van der Waals surface area contributed by atoms with Crippen molar-refractivity contribution >= 4 is 0 Å². The van der Waals surface area contributed by atoms with Crippen LogP contribution in [0.1, 0.15) is 25.0 Å². The van der Waals surface area contributed by atoms with Crippen LogP contribution in [0.25, 0.3) is 0 Å². The molecule has 3 N–H and O–H groups in total. The van der Waals surface area contributed by atoms with E-state index in [1.807, 2.05) is 6.20 Å². The molecular weight excluding hydrogens is 220 g/mol. The average Bonchev–Trinajstić information content (AvgIpc) is 3.08. The summed E-state index contributed by atoms with van der Waals surface area (Å²) in [6, 6.07) is 0. The van der Waals surface area contributed by atoms with Crippen LogP contribution in [0, 0.1) is 5.92 Å². The van der Waals surface area contributed by atoms with E-state index in [4.69, 9.17) is 5.11 Å². The highest BCUT2D eigenvalue weighted by atomic mass is 16.3. The summed E-state index contributed by atoms with van der Waals surface area (Å²) in [6.45, 7) is 2.10. The van der Waals surface area contributed by atoms with Gasteiger partial charge < -0.3 is 15.5 Å². The Labute approximate surface area is 101 Å². The first kappa shape index (κ1) is 12.5. The molecule has 96 valence electrons. The molecule has 1 aliphatic carbocycles. The van der Waals surface area contributed by atoms with Gasteiger partial charge in [-0.2, -0.15) is 0 Å². The van der Waals surface area contributed by atoms with E-state index < -0.39 is 0 Å². The molecule has 0 amide bonds. The average molecular weight is 240 g/mol. The van der Waals surface area contributed by atoms with Crippen molar-refractivity contribution < 1.29 is 10.2 Å². The number of rotatable bonds is 8. The molecule has 0 saturated heterocycles. The highest BCUT2D eigenvalue weighted by molar-refractivity contribution is 4.92. The van der Waals surface area contributed by atoms with Crippen LogP contribution in [0.2, 0.25) is 0 Å². The number of aliphatic hydroxyl groups is 2. The van der Waals surface area contributed by atoms with Gasteiger partial charge in [0.25, 0.3) is 0 Å². The van der Waals surface area contributed by atoms with Crippen molar-refractivity contribution in [1.29, 1.82) is 0 Å². The Hall–Kier alpha value is -0.980. The molecule has 0 aromatic carbocycles. The molecule has 0 spiro atoms. The van der Waals surface area contributed by atoms with Gasteiger partial charge in [0.2, 0.25) is 0 Å². The van der Waals surface area contributed by atoms with E-state index in [1.54, 1.807) is 4.68 Å². The molecule has 1 unspecified atom stereocenters. The zero-order valence-electron chi connectivity index (χ0n) is 9.92. The SMILES string of the molecule is OCCCn1cc(CNCC(O)C2CC2)nn1. The van der Waals surface area contributed by atoms with Crippen molar-refractivity contribution in [3.05, 3.63) is 11.9 Å². The molecule has 0 radical (unpaired) electrons. The van der Waals surface area contributed by atoms with Crippen LogP contribution in [-0.2, 0) is 13.1 Å². The van der Waals surface area contributed by atoms with Gasteiger partial charge in [0.05, 0.1) is 11.8 Å². The van der Waals surface area contributed by atoms with Gasteiger partial charge in [0.15, 0.2) is 0 Å². The summed E-state index contributed by atoms with van der Waals surface area (Å²) in [5.74, 6) is 0.503. The largest absolute Gasteiger partial charge is 0.396 e. The van der Waals surface area contributed by atoms with Crippen LogP contribution in [0.4, 0.5) is 0 Å². The number of aliphatic hydroxyl groups excluding tert-OH is 2. The zero-order valence-corrected chi connectivity index (χ0v) is 9.92. The first-order chi connectivity index (χ1) is 8.29. The first-order valence-electron chi connectivity index (χ1n) is 6.18. The normalized spacial score (nSPS) is 17.3. The van der Waals surface area contributed by atoms with E-state index in [0.29, 0.717) is 32.0 Å². The molecule has 2 rings (SSSR count). The van der Waals surface area contributed by atoms with Gasteiger partial charge in [-0.3, -0.25) is 4.68 Å². The summed E-state index contributed by atoms with van der Waals surface area (Å²) in [5.41, 5.74) is 0.867. The second kappa shape index (κ2) is 6.09. The van der Waals surface area contributed by atoms with Crippen molar-refractivity contribution in [3.63, 3.8) is 0 Å². The van der Waals surface area contributed by atoms with Gasteiger partial charge in [-0.15, -0.1) is 5.10 Å². The van der Waals surface area contributed by atoms with Crippen molar-refractivity contribution in [1.82, 2.24) is 20.3 Å². The molecule has 6 nitrogen and oxygen atoms in total. The van der Waals surface area contributed by atoms with Crippen LogP contribution in [0.5, 0.6) is 0 Å². The molecule has 17 heavy (non-hydrogen) atoms. The van der Waals surface area contributed by atoms with Crippen LogP contribution in [0.3, 0.4) is 0 Å². The Morgan fingerprint density at radius 1 is 1.53 bits per heavy atom. The van der Waals surface area contributed by atoms with Crippen LogP contribution in [-0.4, -0.2) is 44.5 Å². The van der Waals surface area contributed by atoms with E-state index in [-0.39, 0.29) is 12.7 Å². The number of hydrogen-bond donors (Lipinski definition) is 3. The fourth-order valence-electron chi connectivity index (χ4n) is 1.76. The van der Waals surface area contributed by atoms with E-state index in [0.717, 1.165) is 18.5 Å². The lowest BCUT2D eigenvalue weighted by atomic mass is 10.2. The van der Waals surface area contributed by atoms with Gasteiger partial charge in [0, 0.05) is 32.4 Å². The van der Waals surface area contributed by atoms with Crippen molar-refractivity contribution in [3.8, 4) is 0 Å². The Kier molecular flexibility index (Phi) is 4.47. The standard InChI is InChI=1S/C11H20N4O2/c16-5-1-4-15-8-10(13-14-15)6-12-7-11(17)9-2-3-9/h8-9,11-12,16-17H,1-7H2. The first-order valence-corrected chi connectivity index (χ1v) is 6.18. The third-order valence-electron chi connectivity index (χ3n) is 2.96. The van der Waals surface area contributed by atoms with Crippen LogP contribution in [0.15, 0.2) is 6.20 Å². The van der Waals surface area contributed by atoms with Gasteiger partial charge in [-0.25, -0.2) is 0 Å². The molecule has 1 aliphatic rings. The lowest BCUT2D eigenvalue weighted by Crippen LogP contribution is -2.27. The Morgan fingerprint density at radius 3 is 3.06 bits per heavy atom. The molecular formula is C11H20N4O2. The Balaban J connectivity index is 1.65. The van der Waals surface area contributed by atoms with Crippen LogP contribution < -0.4 is 5.32 Å². The summed E-state index contributed by atoms with van der Waals surface area (Å²) >= 11 is 0.